The molecule has 2 aliphatic rings. The lowest BCUT2D eigenvalue weighted by Crippen LogP contribution is -2.45. The number of rotatable bonds is 3. The molecule has 0 unspecified atom stereocenters. The highest BCUT2D eigenvalue weighted by Crippen LogP contribution is 2.33. The number of anilines is 1. The first-order valence-electron chi connectivity index (χ1n) is 8.66. The van der Waals surface area contributed by atoms with Gasteiger partial charge in [0.25, 0.3) is 0 Å². The molecule has 0 atom stereocenters. The van der Waals surface area contributed by atoms with Crippen LogP contribution in [0.3, 0.4) is 0 Å². The van der Waals surface area contributed by atoms with E-state index in [1.54, 1.807) is 11.3 Å². The Hall–Kier alpha value is -2.02. The van der Waals surface area contributed by atoms with Gasteiger partial charge in [-0.1, -0.05) is 29.0 Å². The minimum atomic E-state index is 0.324. The van der Waals surface area contributed by atoms with Crippen molar-refractivity contribution < 1.29 is 9.47 Å². The number of hydrogen-bond acceptors (Lipinski definition) is 6. The van der Waals surface area contributed by atoms with Crippen molar-refractivity contribution in [1.29, 1.82) is 0 Å². The molecule has 0 spiro atoms. The van der Waals surface area contributed by atoms with Crippen LogP contribution in [0.15, 0.2) is 36.4 Å². The average molecular weight is 388 g/mol. The first kappa shape index (κ1) is 16.2. The van der Waals surface area contributed by atoms with Crippen molar-refractivity contribution >= 4 is 38.3 Å². The first-order chi connectivity index (χ1) is 12.7. The molecule has 2 aromatic carbocycles. The molecule has 0 radical (unpaired) electrons. The monoisotopic (exact) mass is 387 g/mol. The molecular weight excluding hydrogens is 370 g/mol. The number of aromatic nitrogens is 1. The molecule has 5 rings (SSSR count). The molecule has 0 N–H and O–H groups in total. The molecule has 1 aromatic heterocycles. The van der Waals surface area contributed by atoms with E-state index in [4.69, 9.17) is 26.1 Å². The third-order valence-corrected chi connectivity index (χ3v) is 6.14. The van der Waals surface area contributed by atoms with E-state index in [0.29, 0.717) is 6.79 Å². The van der Waals surface area contributed by atoms with Gasteiger partial charge in [0.2, 0.25) is 6.79 Å². The quantitative estimate of drug-likeness (QED) is 0.679. The van der Waals surface area contributed by atoms with E-state index in [2.05, 4.69) is 21.9 Å². The van der Waals surface area contributed by atoms with Crippen molar-refractivity contribution in [3.05, 3.63) is 47.0 Å². The standard InChI is InChI=1S/C19H18ClN3O2S/c20-14-2-3-15-18(10-14)26-19(21-15)23-7-5-22(6-8-23)11-13-1-4-16-17(9-13)25-12-24-16/h1-4,9-10H,5-8,11-12H2. The molecule has 134 valence electrons. The number of fused-ring (bicyclic) bond motifs is 2. The fourth-order valence-corrected chi connectivity index (χ4v) is 4.71. The Balaban J connectivity index is 1.24. The van der Waals surface area contributed by atoms with Crippen LogP contribution >= 0.6 is 22.9 Å². The van der Waals surface area contributed by atoms with E-state index in [1.165, 1.54) is 5.56 Å². The predicted molar refractivity (Wildman–Crippen MR) is 105 cm³/mol. The van der Waals surface area contributed by atoms with Crippen molar-refractivity contribution in [3.8, 4) is 11.5 Å². The molecular formula is C19H18ClN3O2S. The smallest absolute Gasteiger partial charge is 0.231 e. The van der Waals surface area contributed by atoms with Crippen molar-refractivity contribution in [2.45, 2.75) is 6.54 Å². The zero-order chi connectivity index (χ0) is 17.5. The van der Waals surface area contributed by atoms with E-state index in [-0.39, 0.29) is 0 Å². The Kier molecular flexibility index (Phi) is 4.11. The summed E-state index contributed by atoms with van der Waals surface area (Å²) in [7, 11) is 0. The van der Waals surface area contributed by atoms with Gasteiger partial charge < -0.3 is 14.4 Å². The van der Waals surface area contributed by atoms with Crippen molar-refractivity contribution in [3.63, 3.8) is 0 Å². The van der Waals surface area contributed by atoms with E-state index in [9.17, 15) is 0 Å². The Morgan fingerprint density at radius 1 is 1.00 bits per heavy atom. The second-order valence-corrected chi connectivity index (χ2v) is 8.00. The number of thiazole rings is 1. The van der Waals surface area contributed by atoms with Crippen LogP contribution in [0.25, 0.3) is 10.2 Å². The summed E-state index contributed by atoms with van der Waals surface area (Å²) in [5.74, 6) is 1.70. The Bertz CT molecular complexity index is 953. The minimum Gasteiger partial charge on any atom is -0.454 e. The van der Waals surface area contributed by atoms with Crippen LogP contribution in [0, 0.1) is 0 Å². The summed E-state index contributed by atoms with van der Waals surface area (Å²) in [5.41, 5.74) is 2.29. The molecule has 0 saturated carbocycles. The van der Waals surface area contributed by atoms with E-state index >= 15 is 0 Å². The Morgan fingerprint density at radius 3 is 2.73 bits per heavy atom. The molecule has 3 heterocycles. The van der Waals surface area contributed by atoms with Crippen molar-refractivity contribution in [1.82, 2.24) is 9.88 Å². The summed E-state index contributed by atoms with van der Waals surface area (Å²) >= 11 is 7.81. The van der Waals surface area contributed by atoms with Crippen LogP contribution in [-0.4, -0.2) is 42.9 Å². The summed E-state index contributed by atoms with van der Waals surface area (Å²) in [6, 6.07) is 12.1. The van der Waals surface area contributed by atoms with Crippen LogP contribution in [-0.2, 0) is 6.54 Å². The van der Waals surface area contributed by atoms with Gasteiger partial charge in [-0.2, -0.15) is 0 Å². The van der Waals surface area contributed by atoms with Crippen molar-refractivity contribution in [2.24, 2.45) is 0 Å². The molecule has 0 aliphatic carbocycles. The third-order valence-electron chi connectivity index (χ3n) is 4.83. The largest absolute Gasteiger partial charge is 0.454 e. The maximum Gasteiger partial charge on any atom is 0.231 e. The Morgan fingerprint density at radius 2 is 1.85 bits per heavy atom. The van der Waals surface area contributed by atoms with E-state index in [0.717, 1.165) is 64.6 Å². The Labute approximate surface area is 160 Å². The predicted octanol–water partition coefficient (Wildman–Crippen LogP) is 4.00. The van der Waals surface area contributed by atoms with Crippen LogP contribution in [0.1, 0.15) is 5.56 Å². The van der Waals surface area contributed by atoms with Gasteiger partial charge in [0.1, 0.15) is 0 Å². The highest BCUT2D eigenvalue weighted by atomic mass is 35.5. The number of nitrogens with zero attached hydrogens (tertiary/aromatic N) is 3. The zero-order valence-electron chi connectivity index (χ0n) is 14.2. The molecule has 1 fully saturated rings. The van der Waals surface area contributed by atoms with Crippen LogP contribution in [0.2, 0.25) is 5.02 Å². The summed E-state index contributed by atoms with van der Waals surface area (Å²) in [5, 5.41) is 1.85. The van der Waals surface area contributed by atoms with Gasteiger partial charge in [0.05, 0.1) is 10.2 Å². The number of benzene rings is 2. The van der Waals surface area contributed by atoms with Gasteiger partial charge in [-0.05, 0) is 35.9 Å². The molecule has 26 heavy (non-hydrogen) atoms. The SMILES string of the molecule is Clc1ccc2nc(N3CCN(Cc4ccc5c(c4)OCO5)CC3)sc2c1. The van der Waals surface area contributed by atoms with Gasteiger partial charge in [0.15, 0.2) is 16.6 Å². The van der Waals surface area contributed by atoms with Gasteiger partial charge in [0, 0.05) is 37.7 Å². The van der Waals surface area contributed by atoms with Gasteiger partial charge in [-0.3, -0.25) is 4.90 Å². The van der Waals surface area contributed by atoms with Crippen LogP contribution in [0.5, 0.6) is 11.5 Å². The minimum absolute atomic E-state index is 0.324. The van der Waals surface area contributed by atoms with Gasteiger partial charge in [-0.15, -0.1) is 0 Å². The number of piperazine rings is 1. The second kappa shape index (κ2) is 6.61. The molecule has 3 aromatic rings. The summed E-state index contributed by atoms with van der Waals surface area (Å²) < 4.78 is 12.0. The number of hydrogen-bond donors (Lipinski definition) is 0. The lowest BCUT2D eigenvalue weighted by Gasteiger charge is -2.34. The molecule has 0 amide bonds. The highest BCUT2D eigenvalue weighted by molar-refractivity contribution is 7.22. The van der Waals surface area contributed by atoms with Gasteiger partial charge >= 0.3 is 0 Å². The normalized spacial score (nSPS) is 17.2. The molecule has 0 bridgehead atoms. The molecule has 2 aliphatic heterocycles. The zero-order valence-corrected chi connectivity index (χ0v) is 15.7. The molecule has 1 saturated heterocycles. The van der Waals surface area contributed by atoms with Crippen LogP contribution in [0.4, 0.5) is 5.13 Å². The topological polar surface area (TPSA) is 37.8 Å². The second-order valence-electron chi connectivity index (χ2n) is 6.56. The average Bonchev–Trinajstić information content (AvgIpc) is 3.28. The number of ether oxygens (including phenoxy) is 2. The molecule has 5 nitrogen and oxygen atoms in total. The first-order valence-corrected chi connectivity index (χ1v) is 9.86. The van der Waals surface area contributed by atoms with Crippen molar-refractivity contribution in [2.75, 3.05) is 37.9 Å². The lowest BCUT2D eigenvalue weighted by molar-refractivity contribution is 0.174. The maximum atomic E-state index is 6.09. The lowest BCUT2D eigenvalue weighted by atomic mass is 10.1. The molecule has 7 heteroatoms. The maximum absolute atomic E-state index is 6.09. The summed E-state index contributed by atoms with van der Waals surface area (Å²) in [6.07, 6.45) is 0. The van der Waals surface area contributed by atoms with Crippen LogP contribution < -0.4 is 14.4 Å². The third kappa shape index (κ3) is 3.09. The summed E-state index contributed by atoms with van der Waals surface area (Å²) in [6.45, 7) is 5.26. The van der Waals surface area contributed by atoms with Gasteiger partial charge in [-0.25, -0.2) is 4.98 Å². The highest BCUT2D eigenvalue weighted by Gasteiger charge is 2.21. The fraction of sp³-hybridized carbons (Fsp3) is 0.316. The fourth-order valence-electron chi connectivity index (χ4n) is 3.42. The number of halogens is 1. The van der Waals surface area contributed by atoms with E-state index in [1.807, 2.05) is 24.3 Å². The van der Waals surface area contributed by atoms with E-state index < -0.39 is 0 Å². The summed E-state index contributed by atoms with van der Waals surface area (Å²) in [4.78, 5) is 9.60.